The molecule has 7 rings (SSSR count). The van der Waals surface area contributed by atoms with Crippen LogP contribution < -0.4 is 20.1 Å². The minimum absolute atomic E-state index is 0.0721. The van der Waals surface area contributed by atoms with Crippen molar-refractivity contribution in [1.82, 2.24) is 9.88 Å². The SMILES string of the molecule is COC(=O)CCCCN1C(=O)[C@@]2(O[C@@H](CC(=O)N3CCC[C@H]3CO)[C@H]([Si](C)(C)c3ccc(OC)cc3)[C@H]2C)c2cc(NC(=O)Cc3c[nH]c4ccccc34)ccc21. The van der Waals surface area contributed by atoms with Crippen LogP contribution in [0.2, 0.25) is 18.6 Å². The third-order valence-electron chi connectivity index (χ3n) is 12.7. The van der Waals surface area contributed by atoms with Gasteiger partial charge < -0.3 is 39.4 Å². The highest BCUT2D eigenvalue weighted by Gasteiger charge is 2.66. The molecule has 3 aromatic carbocycles. The first kappa shape index (κ1) is 40.2. The number of hydrogen-bond donors (Lipinski definition) is 3. The number of aliphatic hydroxyl groups excluding tert-OH is 1. The van der Waals surface area contributed by atoms with Crippen LogP contribution in [0.1, 0.15) is 56.6 Å². The fourth-order valence-electron chi connectivity index (χ4n) is 9.75. The Balaban J connectivity index is 1.26. The summed E-state index contributed by atoms with van der Waals surface area (Å²) >= 11 is 0. The van der Waals surface area contributed by atoms with Crippen molar-refractivity contribution in [2.45, 2.75) is 88.3 Å². The van der Waals surface area contributed by atoms with Crippen LogP contribution in [0, 0.1) is 5.92 Å². The lowest BCUT2D eigenvalue weighted by Gasteiger charge is -2.37. The summed E-state index contributed by atoms with van der Waals surface area (Å²) in [5.74, 6) is -0.420. The lowest BCUT2D eigenvalue weighted by Crippen LogP contribution is -2.52. The van der Waals surface area contributed by atoms with E-state index in [1.807, 2.05) is 60.8 Å². The minimum atomic E-state index is -2.55. The van der Waals surface area contributed by atoms with Gasteiger partial charge in [-0.1, -0.05) is 55.5 Å². The number of para-hydroxylation sites is 1. The van der Waals surface area contributed by atoms with E-state index in [1.54, 1.807) is 16.9 Å². The number of hydrogen-bond acceptors (Lipinski definition) is 8. The molecule has 0 unspecified atom stereocenters. The van der Waals surface area contributed by atoms with Gasteiger partial charge in [-0.05, 0) is 73.2 Å². The molecule has 57 heavy (non-hydrogen) atoms. The monoisotopic (exact) mass is 794 g/mol. The number of rotatable bonds is 14. The first-order valence-electron chi connectivity index (χ1n) is 20.0. The van der Waals surface area contributed by atoms with Gasteiger partial charge in [-0.25, -0.2) is 0 Å². The van der Waals surface area contributed by atoms with E-state index in [1.165, 1.54) is 7.11 Å². The largest absolute Gasteiger partial charge is 0.497 e. The number of methoxy groups -OCH3 is 2. The van der Waals surface area contributed by atoms with Gasteiger partial charge in [0, 0.05) is 53.8 Å². The minimum Gasteiger partial charge on any atom is -0.497 e. The average Bonchev–Trinajstić information content (AvgIpc) is 3.98. The average molecular weight is 795 g/mol. The van der Waals surface area contributed by atoms with E-state index in [0.717, 1.165) is 40.2 Å². The summed E-state index contributed by atoms with van der Waals surface area (Å²) in [6.07, 6.45) is 4.38. The molecule has 4 aromatic rings. The van der Waals surface area contributed by atoms with Crippen LogP contribution in [0.4, 0.5) is 11.4 Å². The number of fused-ring (bicyclic) bond motifs is 3. The number of benzene rings is 3. The van der Waals surface area contributed by atoms with Crippen molar-refractivity contribution >= 4 is 59.2 Å². The molecule has 3 aliphatic heterocycles. The number of H-pyrrole nitrogens is 1. The molecule has 0 bridgehead atoms. The molecule has 1 spiro atoms. The quantitative estimate of drug-likeness (QED) is 0.0845. The predicted octanol–water partition coefficient (Wildman–Crippen LogP) is 5.64. The van der Waals surface area contributed by atoms with E-state index >= 15 is 4.79 Å². The number of aromatic amines is 1. The summed E-state index contributed by atoms with van der Waals surface area (Å²) in [6, 6.07) is 21.3. The van der Waals surface area contributed by atoms with Crippen molar-refractivity contribution in [1.29, 1.82) is 0 Å². The number of ether oxygens (including phenoxy) is 3. The number of carbonyl (C=O) groups excluding carboxylic acids is 4. The molecule has 1 aromatic heterocycles. The van der Waals surface area contributed by atoms with Gasteiger partial charge in [0.05, 0.1) is 59.6 Å². The van der Waals surface area contributed by atoms with Crippen LogP contribution in [0.3, 0.4) is 0 Å². The smallest absolute Gasteiger partial charge is 0.305 e. The summed E-state index contributed by atoms with van der Waals surface area (Å²) in [7, 11) is 0.452. The molecule has 3 N–H and O–H groups in total. The Morgan fingerprint density at radius 3 is 2.56 bits per heavy atom. The Labute approximate surface area is 334 Å². The Hall–Kier alpha value is -4.98. The number of esters is 1. The van der Waals surface area contributed by atoms with Gasteiger partial charge in [0.1, 0.15) is 5.75 Å². The lowest BCUT2D eigenvalue weighted by atomic mass is 9.82. The van der Waals surface area contributed by atoms with Crippen LogP contribution in [0.5, 0.6) is 5.75 Å². The van der Waals surface area contributed by atoms with E-state index in [9.17, 15) is 19.5 Å². The van der Waals surface area contributed by atoms with Gasteiger partial charge in [-0.3, -0.25) is 19.2 Å². The molecule has 2 saturated heterocycles. The van der Waals surface area contributed by atoms with Crippen molar-refractivity contribution in [3.05, 3.63) is 84.1 Å². The van der Waals surface area contributed by atoms with E-state index in [4.69, 9.17) is 14.2 Å². The fourth-order valence-corrected chi connectivity index (χ4v) is 13.8. The second kappa shape index (κ2) is 16.5. The van der Waals surface area contributed by atoms with Crippen molar-refractivity contribution in [3.8, 4) is 5.75 Å². The molecule has 3 aliphatic rings. The first-order valence-corrected chi connectivity index (χ1v) is 23.1. The van der Waals surface area contributed by atoms with E-state index < -0.39 is 19.8 Å². The summed E-state index contributed by atoms with van der Waals surface area (Å²) in [5, 5.41) is 15.3. The van der Waals surface area contributed by atoms with Crippen molar-refractivity contribution < 1.29 is 38.5 Å². The maximum Gasteiger partial charge on any atom is 0.305 e. The van der Waals surface area contributed by atoms with Crippen LogP contribution >= 0.6 is 0 Å². The number of nitrogens with zero attached hydrogens (tertiary/aromatic N) is 2. The standard InChI is InChI=1S/C44H54N4O8Si/c1-28-42(57(4,5)33-18-16-32(54-2)17-19-33)38(25-40(51)47-22-10-11-31(47)27-49)56-44(28)35-24-30(46-39(50)23-29-26-45-36-13-7-6-12-34(29)36)15-20-37(35)48(43(44)53)21-9-8-14-41(52)55-3/h6-7,12-13,15-20,24,26,28,31,38,42,45,49H,8-11,14,21-23,25,27H2,1-5H3,(H,46,50)/t28-,31+,38+,42-,44+/m1/s1. The van der Waals surface area contributed by atoms with E-state index in [2.05, 4.69) is 42.5 Å². The molecule has 3 amide bonds. The van der Waals surface area contributed by atoms with E-state index in [0.29, 0.717) is 42.9 Å². The number of anilines is 2. The van der Waals surface area contributed by atoms with Crippen LogP contribution in [0.15, 0.2) is 72.9 Å². The van der Waals surface area contributed by atoms with Crippen LogP contribution in [-0.4, -0.2) is 92.8 Å². The molecular formula is C44H54N4O8Si. The maximum absolute atomic E-state index is 15.2. The zero-order valence-electron chi connectivity index (χ0n) is 33.5. The summed E-state index contributed by atoms with van der Waals surface area (Å²) in [4.78, 5) is 61.7. The summed E-state index contributed by atoms with van der Waals surface area (Å²) < 4.78 is 17.6. The molecule has 4 heterocycles. The molecule has 0 aliphatic carbocycles. The second-order valence-electron chi connectivity index (χ2n) is 16.2. The van der Waals surface area contributed by atoms with Gasteiger partial charge in [0.15, 0.2) is 5.60 Å². The van der Waals surface area contributed by atoms with Gasteiger partial charge in [0.2, 0.25) is 11.8 Å². The molecule has 2 fully saturated rings. The predicted molar refractivity (Wildman–Crippen MR) is 221 cm³/mol. The molecule has 13 heteroatoms. The number of nitrogens with one attached hydrogen (secondary N) is 2. The number of aromatic nitrogens is 1. The van der Waals surface area contributed by atoms with Gasteiger partial charge >= 0.3 is 5.97 Å². The lowest BCUT2D eigenvalue weighted by molar-refractivity contribution is -0.150. The number of amides is 3. The molecule has 0 saturated carbocycles. The highest BCUT2D eigenvalue weighted by Crippen LogP contribution is 2.60. The van der Waals surface area contributed by atoms with E-state index in [-0.39, 0.29) is 67.1 Å². The molecule has 0 radical (unpaired) electrons. The topological polar surface area (TPSA) is 150 Å². The summed E-state index contributed by atoms with van der Waals surface area (Å²) in [6.45, 7) is 7.45. The third kappa shape index (κ3) is 7.48. The molecule has 302 valence electrons. The Bertz CT molecular complexity index is 2140. The van der Waals surface area contributed by atoms with Crippen molar-refractivity contribution in [3.63, 3.8) is 0 Å². The number of aliphatic hydroxyl groups is 1. The highest BCUT2D eigenvalue weighted by atomic mass is 28.3. The van der Waals surface area contributed by atoms with Gasteiger partial charge in [0.25, 0.3) is 5.91 Å². The Morgan fingerprint density at radius 1 is 1.05 bits per heavy atom. The normalized spacial score (nSPS) is 23.0. The molecular weight excluding hydrogens is 741 g/mol. The third-order valence-corrected chi connectivity index (χ3v) is 17.0. The first-order chi connectivity index (χ1) is 27.4. The zero-order chi connectivity index (χ0) is 40.5. The molecule has 5 atom stereocenters. The van der Waals surface area contributed by atoms with Gasteiger partial charge in [-0.2, -0.15) is 0 Å². The van der Waals surface area contributed by atoms with Crippen LogP contribution in [-0.2, 0) is 40.7 Å². The zero-order valence-corrected chi connectivity index (χ0v) is 34.5. The fraction of sp³-hybridized carbons (Fsp3) is 0.455. The number of carbonyl (C=O) groups is 4. The van der Waals surface area contributed by atoms with Crippen LogP contribution in [0.25, 0.3) is 10.9 Å². The highest BCUT2D eigenvalue weighted by molar-refractivity contribution is 6.91. The maximum atomic E-state index is 15.2. The van der Waals surface area contributed by atoms with Crippen molar-refractivity contribution in [2.24, 2.45) is 5.92 Å². The van der Waals surface area contributed by atoms with Gasteiger partial charge in [-0.15, -0.1) is 0 Å². The number of likely N-dealkylation sites (tertiary alicyclic amines) is 1. The Morgan fingerprint density at radius 2 is 1.82 bits per heavy atom. The Kier molecular flexibility index (Phi) is 11.6. The number of unbranched alkanes of at least 4 members (excludes halogenated alkanes) is 1. The van der Waals surface area contributed by atoms with Crippen molar-refractivity contribution in [2.75, 3.05) is 44.1 Å². The molecule has 12 nitrogen and oxygen atoms in total. The second-order valence-corrected chi connectivity index (χ2v) is 20.9. The summed E-state index contributed by atoms with van der Waals surface area (Å²) in [5.41, 5.74) is 2.10.